The van der Waals surface area contributed by atoms with E-state index in [1.807, 2.05) is 30.3 Å². The van der Waals surface area contributed by atoms with Gasteiger partial charge < -0.3 is 49.2 Å². The van der Waals surface area contributed by atoms with Crippen LogP contribution in [-0.2, 0) is 32.8 Å². The van der Waals surface area contributed by atoms with Gasteiger partial charge in [-0.05, 0) is 237 Å². The van der Waals surface area contributed by atoms with Gasteiger partial charge in [0.25, 0.3) is 11.8 Å². The molecule has 43 heteroatoms. The van der Waals surface area contributed by atoms with Gasteiger partial charge in [0, 0.05) is 97.1 Å². The summed E-state index contributed by atoms with van der Waals surface area (Å²) in [6, 6.07) is 45.0. The number of ether oxygens (including phenoxy) is 6. The van der Waals surface area contributed by atoms with Crippen LogP contribution in [0.3, 0.4) is 0 Å². The number of rotatable bonds is 25. The van der Waals surface area contributed by atoms with E-state index in [1.165, 1.54) is 82.9 Å². The molecule has 0 radical (unpaired) electrons. The summed E-state index contributed by atoms with van der Waals surface area (Å²) in [5.74, 6) is -0.645. The number of carbonyl (C=O) groups is 8. The van der Waals surface area contributed by atoms with Crippen molar-refractivity contribution in [1.82, 2.24) is 75.4 Å². The van der Waals surface area contributed by atoms with Gasteiger partial charge in [0.2, 0.25) is 0 Å². The number of esters is 3. The van der Waals surface area contributed by atoms with Crippen molar-refractivity contribution in [3.63, 3.8) is 0 Å². The van der Waals surface area contributed by atoms with Crippen molar-refractivity contribution in [2.45, 2.75) is 146 Å². The second-order valence-corrected chi connectivity index (χ2v) is 59.6. The minimum atomic E-state index is -2.08. The van der Waals surface area contributed by atoms with E-state index in [0.29, 0.717) is 115 Å². The number of pyridine rings is 5. The number of hydrogen-bond acceptors (Lipinski definition) is 30. The van der Waals surface area contributed by atoms with Crippen LogP contribution in [0.2, 0.25) is 58.2 Å². The summed E-state index contributed by atoms with van der Waals surface area (Å²) < 4.78 is 38.9. The molecule has 4 N–H and O–H groups in total. The summed E-state index contributed by atoms with van der Waals surface area (Å²) in [5.41, 5.74) is 4.99. The van der Waals surface area contributed by atoms with Crippen LogP contribution in [0.1, 0.15) is 148 Å². The molecule has 0 bridgehead atoms. The van der Waals surface area contributed by atoms with Crippen molar-refractivity contribution in [3.05, 3.63) is 296 Å². The average Bonchev–Trinajstić information content (AvgIpc) is 0.802. The first-order valence-electron chi connectivity index (χ1n) is 45.2. The fourth-order valence-corrected chi connectivity index (χ4v) is 17.6. The number of benzene rings is 4. The van der Waals surface area contributed by atoms with Gasteiger partial charge in [-0.3, -0.25) is 39.5 Å². The molecule has 9 aromatic heterocycles. The predicted octanol–water partition coefficient (Wildman–Crippen LogP) is 23.2. The van der Waals surface area contributed by atoms with E-state index in [1.54, 1.807) is 227 Å². The maximum Gasteiger partial charge on any atom is 0.420 e. The number of methoxy groups -OCH3 is 3. The molecule has 0 unspecified atom stereocenters. The van der Waals surface area contributed by atoms with Crippen LogP contribution >= 0.6 is 80.6 Å². The molecule has 0 spiro atoms. The summed E-state index contributed by atoms with van der Waals surface area (Å²) in [4.78, 5) is 163. The molecule has 0 saturated carbocycles. The summed E-state index contributed by atoms with van der Waals surface area (Å²) in [6.45, 7) is 28.5. The Morgan fingerprint density at radius 1 is 0.411 bits per heavy atom. The van der Waals surface area contributed by atoms with E-state index in [2.05, 4.69) is 161 Å². The molecule has 0 aliphatic heterocycles. The Morgan fingerprint density at radius 2 is 0.767 bits per heavy atom. The van der Waals surface area contributed by atoms with E-state index < -0.39 is 73.7 Å². The molecule has 35 nitrogen and oxygen atoms in total. The molecule has 0 aliphatic rings. The van der Waals surface area contributed by atoms with Crippen molar-refractivity contribution < 1.29 is 76.3 Å². The zero-order valence-corrected chi connectivity index (χ0v) is 94.0. The van der Waals surface area contributed by atoms with Gasteiger partial charge in [-0.1, -0.05) is 103 Å². The molecular weight excluding hydrogens is 2210 g/mol. The van der Waals surface area contributed by atoms with Crippen molar-refractivity contribution in [1.29, 1.82) is 0 Å². The molecule has 0 saturated heterocycles. The number of aliphatic hydroxyl groups is 1. The van der Waals surface area contributed by atoms with E-state index in [0.717, 1.165) is 14.8 Å². The Hall–Kier alpha value is -13.0. The monoisotopic (exact) mass is 2320 g/mol. The van der Waals surface area contributed by atoms with E-state index in [-0.39, 0.29) is 69.1 Å². The Kier molecular flexibility index (Phi) is 45.0. The summed E-state index contributed by atoms with van der Waals surface area (Å²) in [5, 5.41) is 19.9. The number of anilines is 8. The standard InChI is InChI=1S/C30H40ClN5O4Si.C22H21ClN4O4.C19H18ClN5O2.C15H15Cl2N3O2.C7H6INO2.C7H6NO2.3CH3.Sn/c1-29(2,3)40-28(38)36(23-12-9-11-22(31)18-23)26-20-32-19-25(35-26)21-13-15-33-24(17-21)27(37)34-14-10-16-39-41(7,8)30(4,5)6;1-22(2,3)31-21(29)27(16-7-5-6-15(23)11-16)19-13-24-12-18(26-19)14-8-9-25-17(10-14)20(28)30-4;20-14-3-1-4-15(10-14)24-18-12-21-11-17(25-18)13-5-7-22-16(9-13)19(27)23-6-2-8-26;1-15(2,3)22-14(21)20(11-6-4-5-10(16)7-11)13-9-18-8-12(17)19-13;1-11-7(10)6-4-5(8)2-3-9-6;1-10-7(9)6-4-2-3-5-8-6;;;;/h9,11-13,15,17-20H,10,14,16H2,1-8H3,(H,34,37);5-13H,1-4H3;1,3-5,7,9-12,26H,2,6,8H2,(H,23,27)(H,24,25);4-9H,1-3H3;2-4H,1H3;3-5H,1H3;3*1H3;. The van der Waals surface area contributed by atoms with Crippen molar-refractivity contribution in [2.75, 3.05) is 67.6 Å². The third kappa shape index (κ3) is 38.8. The van der Waals surface area contributed by atoms with Crippen molar-refractivity contribution in [3.8, 4) is 33.8 Å². The topological polar surface area (TPSA) is 435 Å². The molecule has 0 fully saturated rings. The second-order valence-electron chi connectivity index (χ2n) is 36.9. The number of nitrogens with zero attached hydrogens (tertiary/aromatic N) is 16. The quantitative estimate of drug-likeness (QED) is 0.0136. The Labute approximate surface area is 892 Å². The first-order chi connectivity index (χ1) is 68.8. The van der Waals surface area contributed by atoms with E-state index in [9.17, 15) is 38.4 Å². The van der Waals surface area contributed by atoms with E-state index >= 15 is 0 Å². The number of hydrogen-bond donors (Lipinski definition) is 4. The van der Waals surface area contributed by atoms with Gasteiger partial charge in [0.1, 0.15) is 50.5 Å². The molecule has 5 amide bonds. The SMILES string of the molecule is CC(C)(C)OC(=O)N(c1cccc(Cl)c1)c1cncc(-c2ccnc(C(=O)NCCCO[Si](C)(C)C(C)(C)C)c2)n1.CC(C)(C)OC(=O)N(c1cccc(Cl)c1)c1cncc(Cl)n1.COC(=O)c1c[c]([Sn]([CH3])([CH3])[CH3])ccn1.COC(=O)c1cc(-c2cncc(N(C(=O)OC(C)(C)C)c3cccc(Cl)c3)n2)ccn1.COC(=O)c1cc(I)ccn1.O=C(NCCCO)c1cc(-c2cncc(Nc3cccc(Cl)c3)n2)ccn1. The Balaban J connectivity index is 0.000000223. The molecule has 768 valence electrons. The van der Waals surface area contributed by atoms with Crippen LogP contribution in [-0.4, -0.2) is 209 Å². The maximum atomic E-state index is 13.2. The van der Waals surface area contributed by atoms with E-state index in [4.69, 9.17) is 86.5 Å². The number of aliphatic hydroxyl groups excluding tert-OH is 1. The zero-order valence-electron chi connectivity index (χ0n) is 84.3. The molecule has 4 aromatic carbocycles. The van der Waals surface area contributed by atoms with Gasteiger partial charge >= 0.3 is 119 Å². The summed E-state index contributed by atoms with van der Waals surface area (Å²) in [7, 11) is 2.16. The van der Waals surface area contributed by atoms with Gasteiger partial charge in [0.05, 0.1) is 97.9 Å². The fraction of sp³-hybridized carbons (Fsp3) is 0.291. The van der Waals surface area contributed by atoms with Crippen molar-refractivity contribution >= 4 is 205 Å². The normalized spacial score (nSPS) is 11.1. The van der Waals surface area contributed by atoms with Crippen LogP contribution in [0.15, 0.2) is 238 Å². The Bertz CT molecular complexity index is 6610. The molecule has 9 heterocycles. The largest absolute Gasteiger partial charge is 0.464 e. The van der Waals surface area contributed by atoms with Gasteiger partial charge in [-0.25, -0.2) is 68.6 Å². The number of aromatic nitrogens is 13. The third-order valence-corrected chi connectivity index (χ3v) is 32.0. The average molecular weight is 2330 g/mol. The van der Waals surface area contributed by atoms with Gasteiger partial charge in [0.15, 0.2) is 25.8 Å². The second kappa shape index (κ2) is 55.5. The summed E-state index contributed by atoms with van der Waals surface area (Å²) in [6.07, 6.45) is 19.2. The number of halogens is 6. The smallest absolute Gasteiger partial charge is 0.420 e. The van der Waals surface area contributed by atoms with Gasteiger partial charge in [-0.2, -0.15) is 0 Å². The first kappa shape index (κ1) is 118. The van der Waals surface area contributed by atoms with Crippen LogP contribution < -0.4 is 34.2 Å². The van der Waals surface area contributed by atoms with Gasteiger partial charge in [-0.15, -0.1) is 0 Å². The summed E-state index contributed by atoms with van der Waals surface area (Å²) >= 11 is 30.2. The van der Waals surface area contributed by atoms with Crippen LogP contribution in [0, 0.1) is 3.57 Å². The molecular formula is C103H115Cl5IN19O16SiSn. The molecule has 146 heavy (non-hydrogen) atoms. The minimum absolute atomic E-state index is 0.0236. The molecule has 13 rings (SSSR count). The minimum Gasteiger partial charge on any atom is -0.464 e. The number of carbonyl (C=O) groups excluding carboxylic acids is 8. The van der Waals surface area contributed by atoms with Crippen molar-refractivity contribution in [2.24, 2.45) is 0 Å². The number of nitrogens with one attached hydrogen (secondary N) is 3. The van der Waals surface area contributed by atoms with Crippen LogP contribution in [0.25, 0.3) is 33.8 Å². The molecule has 13 aromatic rings. The maximum absolute atomic E-state index is 13.2. The van der Waals surface area contributed by atoms with Crippen LogP contribution in [0.5, 0.6) is 0 Å². The fourth-order valence-electron chi connectivity index (χ4n) is 11.9. The Morgan fingerprint density at radius 3 is 1.15 bits per heavy atom. The molecule has 0 atom stereocenters. The van der Waals surface area contributed by atoms with Crippen LogP contribution in [0.4, 0.5) is 60.4 Å². The predicted molar refractivity (Wildman–Crippen MR) is 579 cm³/mol. The zero-order chi connectivity index (χ0) is 107. The first-order valence-corrected chi connectivity index (χ1v) is 61.1. The third-order valence-electron chi connectivity index (χ3n) is 19.8. The number of amides is 5. The molecule has 0 aliphatic carbocycles.